The number of hydrogen-bond acceptors (Lipinski definition) is 4. The Morgan fingerprint density at radius 3 is 2.07 bits per heavy atom. The van der Waals surface area contributed by atoms with E-state index in [9.17, 15) is 4.79 Å². The van der Waals surface area contributed by atoms with Crippen molar-refractivity contribution in [2.75, 3.05) is 0 Å². The second-order valence-electron chi connectivity index (χ2n) is 2.73. The molecule has 0 aliphatic rings. The maximum atomic E-state index is 10.9. The predicted molar refractivity (Wildman–Crippen MR) is 60.6 cm³/mol. The average molecular weight is 207 g/mol. The first-order valence-corrected chi connectivity index (χ1v) is 3.97. The summed E-state index contributed by atoms with van der Waals surface area (Å²) in [4.78, 5) is 10.9. The Hall–Kier alpha value is -2.17. The molecule has 5 heteroatoms. The maximum Gasteiger partial charge on any atom is 0.337 e. The number of rotatable bonds is 6. The van der Waals surface area contributed by atoms with Crippen molar-refractivity contribution < 1.29 is 9.90 Å². The molecule has 0 rings (SSSR count). The molecule has 5 nitrogen and oxygen atoms in total. The Morgan fingerprint density at radius 1 is 1.33 bits per heavy atom. The number of carboxylic acids is 1. The number of hydrogen-bond donors (Lipinski definition) is 1. The molecule has 0 spiro atoms. The molecular weight excluding hydrogens is 194 g/mol. The van der Waals surface area contributed by atoms with Crippen molar-refractivity contribution in [1.82, 2.24) is 5.12 Å². The van der Waals surface area contributed by atoms with Gasteiger partial charge >= 0.3 is 5.97 Å². The van der Waals surface area contributed by atoms with Gasteiger partial charge in [0.15, 0.2) is 0 Å². The Kier molecular flexibility index (Phi) is 4.74. The highest BCUT2D eigenvalue weighted by Crippen LogP contribution is 2.15. The molecule has 0 bridgehead atoms. The van der Waals surface area contributed by atoms with E-state index in [0.29, 0.717) is 5.57 Å². The van der Waals surface area contributed by atoms with E-state index in [2.05, 4.69) is 36.8 Å². The summed E-state index contributed by atoms with van der Waals surface area (Å²) in [6, 6.07) is 0. The zero-order valence-electron chi connectivity index (χ0n) is 8.60. The van der Waals surface area contributed by atoms with E-state index in [1.807, 2.05) is 0 Å². The lowest BCUT2D eigenvalue weighted by molar-refractivity contribution is -0.132. The highest BCUT2D eigenvalue weighted by molar-refractivity contribution is 5.91. The molecule has 0 aromatic rings. The Morgan fingerprint density at radius 2 is 1.80 bits per heavy atom. The third-order valence-electron chi connectivity index (χ3n) is 1.44. The summed E-state index contributed by atoms with van der Waals surface area (Å²) in [5.41, 5.74) is 0.611. The van der Waals surface area contributed by atoms with Crippen LogP contribution in [0.5, 0.6) is 0 Å². The Bertz CT molecular complexity index is 348. The molecule has 15 heavy (non-hydrogen) atoms. The van der Waals surface area contributed by atoms with Gasteiger partial charge in [-0.15, -0.1) is 0 Å². The van der Waals surface area contributed by atoms with Gasteiger partial charge in [0.05, 0.1) is 11.3 Å². The fourth-order valence-electron chi connectivity index (χ4n) is 0.838. The van der Waals surface area contributed by atoms with Crippen LogP contribution in [0, 0.1) is 0 Å². The Balaban J connectivity index is 5.19. The van der Waals surface area contributed by atoms with Gasteiger partial charge in [-0.2, -0.15) is 15.3 Å². The molecule has 0 aromatic carbocycles. The zero-order valence-corrected chi connectivity index (χ0v) is 8.60. The van der Waals surface area contributed by atoms with Crippen LogP contribution in [0.1, 0.15) is 6.92 Å². The van der Waals surface area contributed by atoms with Crippen molar-refractivity contribution >= 4 is 19.4 Å². The molecule has 0 saturated heterocycles. The third kappa shape index (κ3) is 3.60. The number of carboxylic acid groups (broad SMARTS) is 1. The van der Waals surface area contributed by atoms with Crippen LogP contribution in [0.15, 0.2) is 46.3 Å². The summed E-state index contributed by atoms with van der Waals surface area (Å²) >= 11 is 0. The van der Waals surface area contributed by atoms with Gasteiger partial charge in [-0.3, -0.25) is 0 Å². The minimum Gasteiger partial charge on any atom is -0.478 e. The normalized spacial score (nSPS) is 10.3. The molecule has 0 unspecified atom stereocenters. The van der Waals surface area contributed by atoms with Crippen LogP contribution in [-0.4, -0.2) is 29.6 Å². The van der Waals surface area contributed by atoms with Crippen molar-refractivity contribution in [2.24, 2.45) is 10.2 Å². The van der Waals surface area contributed by atoms with Gasteiger partial charge in [-0.05, 0) is 13.0 Å². The van der Waals surface area contributed by atoms with Crippen molar-refractivity contribution in [3.05, 3.63) is 36.1 Å². The van der Waals surface area contributed by atoms with Crippen LogP contribution in [0.25, 0.3) is 0 Å². The summed E-state index contributed by atoms with van der Waals surface area (Å²) in [6.07, 6.45) is 1.37. The number of carbonyl (C=O) groups is 1. The van der Waals surface area contributed by atoms with Gasteiger partial charge in [0.2, 0.25) is 0 Å². The maximum absolute atomic E-state index is 10.9. The summed E-state index contributed by atoms with van der Waals surface area (Å²) in [6.45, 7) is 15.2. The first kappa shape index (κ1) is 12.8. The number of nitrogens with zero attached hydrogens (tertiary/aromatic N) is 3. The molecule has 0 atom stereocenters. The first-order chi connectivity index (χ1) is 6.93. The van der Waals surface area contributed by atoms with E-state index in [-0.39, 0.29) is 11.3 Å². The van der Waals surface area contributed by atoms with Crippen molar-refractivity contribution in [3.8, 4) is 0 Å². The summed E-state index contributed by atoms with van der Waals surface area (Å²) < 4.78 is 0. The van der Waals surface area contributed by atoms with Gasteiger partial charge in [0.1, 0.15) is 0 Å². The van der Waals surface area contributed by atoms with Crippen LogP contribution in [-0.2, 0) is 4.79 Å². The van der Waals surface area contributed by atoms with E-state index >= 15 is 0 Å². The second kappa shape index (κ2) is 5.54. The van der Waals surface area contributed by atoms with Gasteiger partial charge in [-0.1, -0.05) is 18.7 Å². The van der Waals surface area contributed by atoms with Crippen molar-refractivity contribution in [1.29, 1.82) is 0 Å². The lowest BCUT2D eigenvalue weighted by Gasteiger charge is -2.14. The van der Waals surface area contributed by atoms with E-state index in [4.69, 9.17) is 5.11 Å². The van der Waals surface area contributed by atoms with Gasteiger partial charge in [0.25, 0.3) is 0 Å². The topological polar surface area (TPSA) is 65.3 Å². The van der Waals surface area contributed by atoms with Gasteiger partial charge < -0.3 is 5.11 Å². The quantitative estimate of drug-likeness (QED) is 0.311. The second-order valence-corrected chi connectivity index (χ2v) is 2.73. The fraction of sp³-hybridized carbons (Fsp3) is 0.100. The van der Waals surface area contributed by atoms with E-state index in [1.165, 1.54) is 6.08 Å². The smallest absolute Gasteiger partial charge is 0.337 e. The molecule has 0 fully saturated rings. The molecule has 80 valence electrons. The van der Waals surface area contributed by atoms with E-state index in [0.717, 1.165) is 5.12 Å². The minimum atomic E-state index is -1.14. The molecule has 0 saturated carbocycles. The molecular formula is C10H13N3O2. The molecule has 0 heterocycles. The molecule has 0 radical (unpaired) electrons. The van der Waals surface area contributed by atoms with Crippen LogP contribution in [0.4, 0.5) is 0 Å². The van der Waals surface area contributed by atoms with Crippen LogP contribution < -0.4 is 0 Å². The monoisotopic (exact) mass is 207 g/mol. The summed E-state index contributed by atoms with van der Waals surface area (Å²) in [5.74, 6) is -1.14. The van der Waals surface area contributed by atoms with Crippen molar-refractivity contribution in [2.45, 2.75) is 6.92 Å². The molecule has 0 aliphatic heterocycles. The molecule has 0 aliphatic carbocycles. The highest BCUT2D eigenvalue weighted by atomic mass is 16.4. The third-order valence-corrected chi connectivity index (χ3v) is 1.44. The Labute approximate surface area is 88.4 Å². The first-order valence-electron chi connectivity index (χ1n) is 3.97. The molecule has 0 amide bonds. The van der Waals surface area contributed by atoms with E-state index < -0.39 is 5.97 Å². The largest absolute Gasteiger partial charge is 0.478 e. The standard InChI is InChI=1S/C10H13N3O2/c1-7(2)6-9(10(14)15)8(3)13(11-4)12-5/h6H,1,3-5H2,2H3,(H,14,15)/b9-6+. The minimum absolute atomic E-state index is 0.0534. The van der Waals surface area contributed by atoms with E-state index in [1.54, 1.807) is 6.92 Å². The summed E-state index contributed by atoms with van der Waals surface area (Å²) in [7, 11) is 0. The van der Waals surface area contributed by atoms with Gasteiger partial charge in [-0.25, -0.2) is 4.79 Å². The average Bonchev–Trinajstić information content (AvgIpc) is 2.15. The molecule has 1 N–H and O–H groups in total. The van der Waals surface area contributed by atoms with Crippen LogP contribution >= 0.6 is 0 Å². The highest BCUT2D eigenvalue weighted by Gasteiger charge is 2.16. The predicted octanol–water partition coefficient (Wildman–Crippen LogP) is 1.62. The SMILES string of the molecule is C=NN(N=C)C(=C)/C(=C\C(=C)C)C(=O)O. The van der Waals surface area contributed by atoms with Crippen LogP contribution in [0.3, 0.4) is 0 Å². The lowest BCUT2D eigenvalue weighted by Crippen LogP contribution is -2.15. The van der Waals surface area contributed by atoms with Gasteiger partial charge in [0, 0.05) is 13.4 Å². The summed E-state index contributed by atoms with van der Waals surface area (Å²) in [5, 5.41) is 16.7. The zero-order chi connectivity index (χ0) is 12.0. The molecule has 0 aromatic heterocycles. The fourth-order valence-corrected chi connectivity index (χ4v) is 0.838. The number of hydrazone groups is 2. The van der Waals surface area contributed by atoms with Crippen molar-refractivity contribution in [3.63, 3.8) is 0 Å². The lowest BCUT2D eigenvalue weighted by atomic mass is 10.1. The number of allylic oxidation sites excluding steroid dienone is 2. The number of aliphatic carboxylic acids is 1. The van der Waals surface area contributed by atoms with Crippen LogP contribution in [0.2, 0.25) is 0 Å².